The van der Waals surface area contributed by atoms with E-state index in [0.29, 0.717) is 29.4 Å². The summed E-state index contributed by atoms with van der Waals surface area (Å²) in [6.45, 7) is 2.23. The van der Waals surface area contributed by atoms with Crippen LogP contribution in [-0.4, -0.2) is 69.7 Å². The second kappa shape index (κ2) is 10.2. The first kappa shape index (κ1) is 27.5. The van der Waals surface area contributed by atoms with Gasteiger partial charge in [-0.05, 0) is 81.1 Å². The maximum absolute atomic E-state index is 13.8. The van der Waals surface area contributed by atoms with Gasteiger partial charge in [0.25, 0.3) is 0 Å². The number of carbonyl (C=O) groups excluding carboxylic acids is 4. The number of likely N-dealkylation sites (N-methyl/N-ethyl adjacent to an activating group) is 1. The van der Waals surface area contributed by atoms with E-state index < -0.39 is 59.1 Å². The molecule has 0 spiro atoms. The second-order valence-electron chi connectivity index (χ2n) is 12.4. The van der Waals surface area contributed by atoms with Gasteiger partial charge in [0.15, 0.2) is 17.3 Å². The number of nitrogens with two attached hydrogens (primary N) is 1. The SMILES string of the molecule is CC1CCC(CC(=O)c2ccc(O)c3c2C[C@@H]2C[C@H]4[C@@H](C(=O)C2=C3O)C(=O)C(C(N)=O)C(O)[C@@H]4N(C)C)CC1. The molecule has 4 aliphatic rings. The maximum atomic E-state index is 13.8. The van der Waals surface area contributed by atoms with Crippen LogP contribution in [0.3, 0.4) is 0 Å². The number of aromatic hydroxyl groups is 1. The molecule has 0 aromatic heterocycles. The molecule has 5 rings (SSSR count). The molecular weight excluding hydrogens is 500 g/mol. The number of amides is 1. The zero-order valence-electron chi connectivity index (χ0n) is 22.7. The lowest BCUT2D eigenvalue weighted by molar-refractivity contribution is -0.157. The Bertz CT molecular complexity index is 1260. The normalized spacial score (nSPS) is 34.4. The van der Waals surface area contributed by atoms with Crippen molar-refractivity contribution < 1.29 is 34.5 Å². The Labute approximate surface area is 228 Å². The fourth-order valence-electron chi connectivity index (χ4n) is 7.79. The lowest BCUT2D eigenvalue weighted by atomic mass is 9.56. The predicted octanol–water partition coefficient (Wildman–Crippen LogP) is 2.41. The average Bonchev–Trinajstić information content (AvgIpc) is 2.84. The minimum Gasteiger partial charge on any atom is -0.507 e. The molecule has 0 bridgehead atoms. The molecule has 1 aromatic rings. The number of aliphatic hydroxyl groups excluding tert-OH is 2. The summed E-state index contributed by atoms with van der Waals surface area (Å²) >= 11 is 0. The highest BCUT2D eigenvalue weighted by molar-refractivity contribution is 6.19. The van der Waals surface area contributed by atoms with E-state index in [2.05, 4.69) is 6.92 Å². The lowest BCUT2D eigenvalue weighted by Gasteiger charge is -2.50. The van der Waals surface area contributed by atoms with Crippen LogP contribution in [0.25, 0.3) is 5.76 Å². The summed E-state index contributed by atoms with van der Waals surface area (Å²) in [5.41, 5.74) is 6.52. The Morgan fingerprint density at radius 2 is 1.74 bits per heavy atom. The fourth-order valence-corrected chi connectivity index (χ4v) is 7.79. The number of primary amides is 1. The first-order chi connectivity index (χ1) is 18.4. The first-order valence-electron chi connectivity index (χ1n) is 14.0. The average molecular weight is 539 g/mol. The number of ketones is 3. The van der Waals surface area contributed by atoms with Crippen LogP contribution in [0.2, 0.25) is 0 Å². The van der Waals surface area contributed by atoms with Crippen molar-refractivity contribution in [3.05, 3.63) is 34.4 Å². The summed E-state index contributed by atoms with van der Waals surface area (Å²) in [7, 11) is 3.42. The minimum absolute atomic E-state index is 0.0374. The van der Waals surface area contributed by atoms with Gasteiger partial charge in [0, 0.05) is 23.6 Å². The van der Waals surface area contributed by atoms with E-state index in [0.717, 1.165) is 25.7 Å². The molecule has 9 nitrogen and oxygen atoms in total. The van der Waals surface area contributed by atoms with Gasteiger partial charge in [-0.1, -0.05) is 19.8 Å². The summed E-state index contributed by atoms with van der Waals surface area (Å²) in [5, 5.41) is 33.1. The smallest absolute Gasteiger partial charge is 0.230 e. The number of aliphatic hydroxyl groups is 2. The maximum Gasteiger partial charge on any atom is 0.230 e. The zero-order valence-corrected chi connectivity index (χ0v) is 22.7. The van der Waals surface area contributed by atoms with Gasteiger partial charge in [-0.2, -0.15) is 0 Å². The molecule has 3 fully saturated rings. The van der Waals surface area contributed by atoms with Crippen molar-refractivity contribution in [3.8, 4) is 5.75 Å². The van der Waals surface area contributed by atoms with Crippen molar-refractivity contribution in [1.29, 1.82) is 0 Å². The van der Waals surface area contributed by atoms with Crippen LogP contribution in [0, 0.1) is 35.5 Å². The molecule has 39 heavy (non-hydrogen) atoms. The molecule has 1 amide bonds. The Balaban J connectivity index is 1.54. The van der Waals surface area contributed by atoms with Gasteiger partial charge in [-0.15, -0.1) is 0 Å². The lowest BCUT2D eigenvalue weighted by Crippen LogP contribution is -2.64. The molecule has 0 saturated heterocycles. The minimum atomic E-state index is -1.53. The molecule has 210 valence electrons. The fraction of sp³-hybridized carbons (Fsp3) is 0.600. The standard InChI is InChI=1S/C30H38N2O7/c1-13-4-6-14(7-5-13)10-20(34)16-8-9-19(33)22-17(16)11-15-12-18-23(27(36)21(15)26(22)35)28(37)24(30(31)39)29(38)25(18)32(2)3/h8-9,13-15,18,23-25,29,33,35,38H,4-7,10-12H2,1-3H3,(H2,31,39)/t13?,14?,15-,18+,23+,24?,25-,29?/m1/s1. The number of rotatable bonds is 5. The molecule has 0 aliphatic heterocycles. The Kier molecular flexibility index (Phi) is 7.18. The van der Waals surface area contributed by atoms with Crippen LogP contribution >= 0.6 is 0 Å². The van der Waals surface area contributed by atoms with Crippen LogP contribution in [0.4, 0.5) is 0 Å². The number of benzene rings is 1. The van der Waals surface area contributed by atoms with Gasteiger partial charge in [0.1, 0.15) is 17.4 Å². The number of nitrogens with zero attached hydrogens (tertiary/aromatic N) is 1. The van der Waals surface area contributed by atoms with Crippen molar-refractivity contribution in [1.82, 2.24) is 4.90 Å². The van der Waals surface area contributed by atoms with Gasteiger partial charge in [-0.3, -0.25) is 19.2 Å². The van der Waals surface area contributed by atoms with E-state index in [4.69, 9.17) is 5.73 Å². The number of Topliss-reactive ketones (excluding diaryl/α,β-unsaturated/α-hetero) is 3. The van der Waals surface area contributed by atoms with Crippen LogP contribution in [0.5, 0.6) is 5.75 Å². The summed E-state index contributed by atoms with van der Waals surface area (Å²) in [4.78, 5) is 54.5. The van der Waals surface area contributed by atoms with Gasteiger partial charge in [-0.25, -0.2) is 0 Å². The van der Waals surface area contributed by atoms with Gasteiger partial charge in [0.05, 0.1) is 17.6 Å². The molecule has 6 atom stereocenters. The second-order valence-corrected chi connectivity index (χ2v) is 12.4. The predicted molar refractivity (Wildman–Crippen MR) is 143 cm³/mol. The van der Waals surface area contributed by atoms with Crippen LogP contribution < -0.4 is 5.73 Å². The molecule has 5 N–H and O–H groups in total. The van der Waals surface area contributed by atoms with Crippen molar-refractivity contribution >= 4 is 29.0 Å². The number of hydrogen-bond donors (Lipinski definition) is 4. The zero-order chi connectivity index (χ0) is 28.3. The van der Waals surface area contributed by atoms with Gasteiger partial charge in [0.2, 0.25) is 5.91 Å². The van der Waals surface area contributed by atoms with Crippen molar-refractivity contribution in [2.75, 3.05) is 14.1 Å². The van der Waals surface area contributed by atoms with Crippen molar-refractivity contribution in [3.63, 3.8) is 0 Å². The summed E-state index contributed by atoms with van der Waals surface area (Å²) in [6.07, 6.45) is 3.75. The highest BCUT2D eigenvalue weighted by Crippen LogP contribution is 2.51. The number of allylic oxidation sites excluding steroid dienone is 1. The topological polar surface area (TPSA) is 158 Å². The number of fused-ring (bicyclic) bond motifs is 3. The third-order valence-corrected chi connectivity index (χ3v) is 9.73. The largest absolute Gasteiger partial charge is 0.507 e. The van der Waals surface area contributed by atoms with E-state index in [1.807, 2.05) is 0 Å². The third-order valence-electron chi connectivity index (χ3n) is 9.73. The molecule has 3 saturated carbocycles. The monoisotopic (exact) mass is 538 g/mol. The molecule has 2 unspecified atom stereocenters. The number of phenolic OH excluding ortho intramolecular Hbond substituents is 1. The molecule has 0 heterocycles. The van der Waals surface area contributed by atoms with Crippen LogP contribution in [-0.2, 0) is 20.8 Å². The Morgan fingerprint density at radius 1 is 1.08 bits per heavy atom. The summed E-state index contributed by atoms with van der Waals surface area (Å²) < 4.78 is 0. The summed E-state index contributed by atoms with van der Waals surface area (Å²) in [6, 6.07) is 2.29. The van der Waals surface area contributed by atoms with E-state index >= 15 is 0 Å². The quantitative estimate of drug-likeness (QED) is 0.329. The first-order valence-corrected chi connectivity index (χ1v) is 14.0. The molecule has 0 radical (unpaired) electrons. The molecular formula is C30H38N2O7. The highest BCUT2D eigenvalue weighted by Gasteiger charge is 2.59. The van der Waals surface area contributed by atoms with E-state index in [1.165, 1.54) is 6.07 Å². The third kappa shape index (κ3) is 4.49. The van der Waals surface area contributed by atoms with Crippen molar-refractivity contribution in [2.45, 2.75) is 64.0 Å². The molecule has 9 heteroatoms. The number of carbonyl (C=O) groups is 4. The number of phenols is 1. The van der Waals surface area contributed by atoms with Gasteiger partial charge >= 0.3 is 0 Å². The van der Waals surface area contributed by atoms with Crippen LogP contribution in [0.1, 0.15) is 66.9 Å². The van der Waals surface area contributed by atoms with E-state index in [-0.39, 0.29) is 35.5 Å². The number of hydrogen-bond acceptors (Lipinski definition) is 8. The molecule has 1 aromatic carbocycles. The van der Waals surface area contributed by atoms with Gasteiger partial charge < -0.3 is 26.0 Å². The van der Waals surface area contributed by atoms with E-state index in [1.54, 1.807) is 25.1 Å². The van der Waals surface area contributed by atoms with E-state index in [9.17, 15) is 34.5 Å². The highest BCUT2D eigenvalue weighted by atomic mass is 16.3. The Morgan fingerprint density at radius 3 is 2.36 bits per heavy atom. The molecule has 4 aliphatic carbocycles. The summed E-state index contributed by atoms with van der Waals surface area (Å²) in [5.74, 6) is -5.95. The van der Waals surface area contributed by atoms with Crippen LogP contribution in [0.15, 0.2) is 17.7 Å². The Hall–Kier alpha value is -3.04. The van der Waals surface area contributed by atoms with Crippen molar-refractivity contribution in [2.24, 2.45) is 41.2 Å².